The van der Waals surface area contributed by atoms with Crippen LogP contribution in [0.2, 0.25) is 0 Å². The zero-order valence-corrected chi connectivity index (χ0v) is 16.3. The van der Waals surface area contributed by atoms with E-state index in [4.69, 9.17) is 5.73 Å². The van der Waals surface area contributed by atoms with Crippen LogP contribution in [0.25, 0.3) is 22.0 Å². The number of aromatic nitrogens is 2. The lowest BCUT2D eigenvalue weighted by molar-refractivity contribution is -0.114. The molecule has 0 fully saturated rings. The predicted octanol–water partition coefficient (Wildman–Crippen LogP) is 2.87. The minimum absolute atomic E-state index is 0.0658. The van der Waals surface area contributed by atoms with Gasteiger partial charge in [-0.25, -0.2) is 4.98 Å². The first kappa shape index (κ1) is 19.5. The highest BCUT2D eigenvalue weighted by Crippen LogP contribution is 2.32. The standard InChI is InChI=1S/C22H24N4O2/c1-14-15(12-16(27)7-5-11-26(2)3)6-4-8-17(14)19-13-25-21(22(23)28)20-18(19)9-10-24-20/h4-10,13,24H,11-12H2,1-3H3,(H2,23,28)/b7-5+. The van der Waals surface area contributed by atoms with Gasteiger partial charge in [0.25, 0.3) is 5.91 Å². The van der Waals surface area contributed by atoms with Crippen LogP contribution < -0.4 is 5.73 Å². The lowest BCUT2D eigenvalue weighted by atomic mass is 9.93. The summed E-state index contributed by atoms with van der Waals surface area (Å²) in [6, 6.07) is 7.81. The molecule has 28 heavy (non-hydrogen) atoms. The third kappa shape index (κ3) is 4.02. The molecule has 0 saturated heterocycles. The maximum atomic E-state index is 12.3. The Labute approximate surface area is 164 Å². The van der Waals surface area contributed by atoms with Gasteiger partial charge >= 0.3 is 0 Å². The van der Waals surface area contributed by atoms with Gasteiger partial charge in [-0.3, -0.25) is 9.59 Å². The molecule has 0 aliphatic heterocycles. The third-order valence-electron chi connectivity index (χ3n) is 4.71. The molecule has 2 heterocycles. The molecular weight excluding hydrogens is 352 g/mol. The summed E-state index contributed by atoms with van der Waals surface area (Å²) in [5.74, 6) is -0.504. The van der Waals surface area contributed by atoms with E-state index in [2.05, 4.69) is 9.97 Å². The summed E-state index contributed by atoms with van der Waals surface area (Å²) >= 11 is 0. The van der Waals surface area contributed by atoms with Crippen LogP contribution in [0.4, 0.5) is 0 Å². The number of aromatic amines is 1. The Kier molecular flexibility index (Phi) is 5.70. The summed E-state index contributed by atoms with van der Waals surface area (Å²) in [6.45, 7) is 2.73. The smallest absolute Gasteiger partial charge is 0.269 e. The number of pyridine rings is 1. The summed E-state index contributed by atoms with van der Waals surface area (Å²) in [5, 5.41) is 0.876. The normalized spacial score (nSPS) is 11.6. The number of hydrogen-bond donors (Lipinski definition) is 2. The molecule has 3 rings (SSSR count). The number of nitrogens with one attached hydrogen (secondary N) is 1. The van der Waals surface area contributed by atoms with Gasteiger partial charge in [0.1, 0.15) is 0 Å². The Morgan fingerprint density at radius 3 is 2.71 bits per heavy atom. The first-order chi connectivity index (χ1) is 13.4. The molecule has 1 aromatic carbocycles. The van der Waals surface area contributed by atoms with Gasteiger partial charge in [0.05, 0.1) is 5.52 Å². The van der Waals surface area contributed by atoms with E-state index in [1.165, 1.54) is 0 Å². The first-order valence-corrected chi connectivity index (χ1v) is 9.07. The summed E-state index contributed by atoms with van der Waals surface area (Å²) in [7, 11) is 3.92. The first-order valence-electron chi connectivity index (χ1n) is 9.07. The van der Waals surface area contributed by atoms with E-state index >= 15 is 0 Å². The minimum Gasteiger partial charge on any atom is -0.364 e. The number of rotatable bonds is 7. The van der Waals surface area contributed by atoms with Crippen LogP contribution in [-0.2, 0) is 11.2 Å². The van der Waals surface area contributed by atoms with E-state index in [1.54, 1.807) is 18.5 Å². The number of ketones is 1. The van der Waals surface area contributed by atoms with Crippen LogP contribution in [-0.4, -0.2) is 47.2 Å². The zero-order valence-electron chi connectivity index (χ0n) is 16.3. The van der Waals surface area contributed by atoms with Crippen LogP contribution in [0.1, 0.15) is 21.6 Å². The lowest BCUT2D eigenvalue weighted by Crippen LogP contribution is -2.13. The van der Waals surface area contributed by atoms with Crippen LogP contribution >= 0.6 is 0 Å². The number of fused-ring (bicyclic) bond motifs is 1. The predicted molar refractivity (Wildman–Crippen MR) is 111 cm³/mol. The van der Waals surface area contributed by atoms with Crippen molar-refractivity contribution in [1.82, 2.24) is 14.9 Å². The van der Waals surface area contributed by atoms with Crippen molar-refractivity contribution in [3.05, 3.63) is 65.6 Å². The molecule has 0 spiro atoms. The molecule has 6 heteroatoms. The monoisotopic (exact) mass is 376 g/mol. The maximum absolute atomic E-state index is 12.3. The summed E-state index contributed by atoms with van der Waals surface area (Å²) in [5.41, 5.74) is 10.1. The Hall–Kier alpha value is -3.25. The van der Waals surface area contributed by atoms with Crippen molar-refractivity contribution >= 4 is 22.6 Å². The van der Waals surface area contributed by atoms with Crippen LogP contribution in [0, 0.1) is 6.92 Å². The van der Waals surface area contributed by atoms with Crippen LogP contribution in [0.5, 0.6) is 0 Å². The van der Waals surface area contributed by atoms with E-state index in [0.717, 1.165) is 34.2 Å². The van der Waals surface area contributed by atoms with E-state index in [0.29, 0.717) is 11.9 Å². The van der Waals surface area contributed by atoms with Gasteiger partial charge in [-0.15, -0.1) is 0 Å². The molecule has 3 N–H and O–H groups in total. The van der Waals surface area contributed by atoms with Gasteiger partial charge in [-0.2, -0.15) is 0 Å². The van der Waals surface area contributed by atoms with Crippen molar-refractivity contribution in [3.8, 4) is 11.1 Å². The van der Waals surface area contributed by atoms with Gasteiger partial charge in [0.2, 0.25) is 0 Å². The number of allylic oxidation sites excluding steroid dienone is 1. The molecule has 3 aromatic rings. The third-order valence-corrected chi connectivity index (χ3v) is 4.71. The molecule has 0 saturated carbocycles. The molecule has 6 nitrogen and oxygen atoms in total. The Bertz CT molecular complexity index is 1060. The fourth-order valence-corrected chi connectivity index (χ4v) is 3.26. The second-order valence-electron chi connectivity index (χ2n) is 7.05. The summed E-state index contributed by atoms with van der Waals surface area (Å²) in [4.78, 5) is 33.2. The van der Waals surface area contributed by atoms with Crippen LogP contribution in [0.15, 0.2) is 48.8 Å². The Morgan fingerprint density at radius 1 is 1.21 bits per heavy atom. The molecular formula is C22H24N4O2. The van der Waals surface area contributed by atoms with E-state index in [1.807, 2.05) is 56.3 Å². The fourth-order valence-electron chi connectivity index (χ4n) is 3.26. The number of nitrogens with two attached hydrogens (primary N) is 1. The van der Waals surface area contributed by atoms with E-state index in [-0.39, 0.29) is 11.5 Å². The number of benzene rings is 1. The molecule has 0 unspecified atom stereocenters. The second-order valence-corrected chi connectivity index (χ2v) is 7.05. The number of carbonyl (C=O) groups excluding carboxylic acids is 2. The maximum Gasteiger partial charge on any atom is 0.269 e. The van der Waals surface area contributed by atoms with Gasteiger partial charge in [0, 0.05) is 36.3 Å². The quantitative estimate of drug-likeness (QED) is 0.620. The second kappa shape index (κ2) is 8.19. The Balaban J connectivity index is 1.96. The van der Waals surface area contributed by atoms with Gasteiger partial charge < -0.3 is 15.6 Å². The largest absolute Gasteiger partial charge is 0.364 e. The molecule has 0 bridgehead atoms. The highest BCUT2D eigenvalue weighted by Gasteiger charge is 2.16. The molecule has 0 atom stereocenters. The summed E-state index contributed by atoms with van der Waals surface area (Å²) < 4.78 is 0. The number of nitrogens with zero attached hydrogens (tertiary/aromatic N) is 2. The molecule has 0 aliphatic carbocycles. The molecule has 0 radical (unpaired) electrons. The highest BCUT2D eigenvalue weighted by molar-refractivity contribution is 6.07. The number of amides is 1. The van der Waals surface area contributed by atoms with E-state index < -0.39 is 5.91 Å². The lowest BCUT2D eigenvalue weighted by Gasteiger charge is -2.12. The van der Waals surface area contributed by atoms with Crippen molar-refractivity contribution in [2.75, 3.05) is 20.6 Å². The summed E-state index contributed by atoms with van der Waals surface area (Å²) in [6.07, 6.45) is 7.28. The fraction of sp³-hybridized carbons (Fsp3) is 0.227. The Morgan fingerprint density at radius 2 is 2.00 bits per heavy atom. The number of hydrogen-bond acceptors (Lipinski definition) is 4. The van der Waals surface area contributed by atoms with Crippen LogP contribution in [0.3, 0.4) is 0 Å². The number of primary amides is 1. The molecule has 144 valence electrons. The van der Waals surface area contributed by atoms with Gasteiger partial charge in [-0.05, 0) is 49.9 Å². The van der Waals surface area contributed by atoms with Gasteiger partial charge in [0.15, 0.2) is 11.5 Å². The van der Waals surface area contributed by atoms with Crippen molar-refractivity contribution in [1.29, 1.82) is 0 Å². The van der Waals surface area contributed by atoms with Crippen molar-refractivity contribution in [3.63, 3.8) is 0 Å². The number of H-pyrrole nitrogens is 1. The average Bonchev–Trinajstić information content (AvgIpc) is 3.12. The molecule has 2 aromatic heterocycles. The van der Waals surface area contributed by atoms with Crippen molar-refractivity contribution in [2.45, 2.75) is 13.3 Å². The van der Waals surface area contributed by atoms with E-state index in [9.17, 15) is 9.59 Å². The van der Waals surface area contributed by atoms with Gasteiger partial charge in [-0.1, -0.05) is 24.3 Å². The molecule has 1 amide bonds. The SMILES string of the molecule is Cc1c(CC(=O)/C=C/CN(C)C)cccc1-c1cnc(C(N)=O)c2[nH]ccc12. The average molecular weight is 376 g/mol. The number of likely N-dealkylation sites (N-methyl/N-ethyl adjacent to an activating group) is 1. The van der Waals surface area contributed by atoms with Crippen molar-refractivity contribution in [2.24, 2.45) is 5.73 Å². The van der Waals surface area contributed by atoms with Crippen molar-refractivity contribution < 1.29 is 9.59 Å². The topological polar surface area (TPSA) is 92.1 Å². The minimum atomic E-state index is -0.570. The molecule has 0 aliphatic rings. The zero-order chi connectivity index (χ0) is 20.3. The highest BCUT2D eigenvalue weighted by atomic mass is 16.1. The number of carbonyl (C=O) groups is 2.